The number of aliphatic hydroxyl groups excluding tert-OH is 1. The van der Waals surface area contributed by atoms with Gasteiger partial charge in [0.1, 0.15) is 5.60 Å². The third-order valence-electron chi connectivity index (χ3n) is 2.59. The summed E-state index contributed by atoms with van der Waals surface area (Å²) in [6.07, 6.45) is 0.727. The first kappa shape index (κ1) is 14.4. The minimum atomic E-state index is -0.421. The molecule has 5 nitrogen and oxygen atoms in total. The maximum Gasteiger partial charge on any atom is 0.320 e. The van der Waals surface area contributed by atoms with Crippen LogP contribution in [0.3, 0.4) is 0 Å². The van der Waals surface area contributed by atoms with E-state index in [0.717, 1.165) is 26.1 Å². The van der Waals surface area contributed by atoms with Crippen molar-refractivity contribution in [2.75, 3.05) is 32.8 Å². The molecule has 2 N–H and O–H groups in total. The van der Waals surface area contributed by atoms with E-state index in [1.165, 1.54) is 0 Å². The molecule has 0 amide bonds. The first-order chi connectivity index (χ1) is 7.90. The number of hydrogen-bond acceptors (Lipinski definition) is 5. The van der Waals surface area contributed by atoms with Gasteiger partial charge in [-0.3, -0.25) is 9.69 Å². The standard InChI is InChI=1S/C12H24N2O3/c1-12(2,3)17-11(16)9-14-6-5-13-10(8-14)4-7-15/h10,13,15H,4-9H2,1-3H3. The van der Waals surface area contributed by atoms with Crippen LogP contribution in [0.4, 0.5) is 0 Å². The van der Waals surface area contributed by atoms with E-state index in [-0.39, 0.29) is 18.6 Å². The average Bonchev–Trinajstić information content (AvgIpc) is 2.15. The lowest BCUT2D eigenvalue weighted by molar-refractivity contribution is -0.156. The lowest BCUT2D eigenvalue weighted by Gasteiger charge is -2.33. The zero-order chi connectivity index (χ0) is 12.9. The molecule has 0 bridgehead atoms. The zero-order valence-electron chi connectivity index (χ0n) is 11.0. The molecule has 0 spiro atoms. The Morgan fingerprint density at radius 1 is 1.53 bits per heavy atom. The maximum atomic E-state index is 11.7. The molecule has 1 unspecified atom stereocenters. The molecule has 0 saturated carbocycles. The highest BCUT2D eigenvalue weighted by Gasteiger charge is 2.23. The lowest BCUT2D eigenvalue weighted by Crippen LogP contribution is -2.52. The number of nitrogens with zero attached hydrogens (tertiary/aromatic N) is 1. The zero-order valence-corrected chi connectivity index (χ0v) is 11.0. The van der Waals surface area contributed by atoms with Gasteiger partial charge in [0.05, 0.1) is 6.54 Å². The second-order valence-electron chi connectivity index (χ2n) is 5.48. The Morgan fingerprint density at radius 3 is 2.82 bits per heavy atom. The fraction of sp³-hybridized carbons (Fsp3) is 0.917. The molecule has 1 heterocycles. The van der Waals surface area contributed by atoms with Gasteiger partial charge in [-0.25, -0.2) is 0 Å². The summed E-state index contributed by atoms with van der Waals surface area (Å²) in [6, 6.07) is 0.274. The smallest absolute Gasteiger partial charge is 0.320 e. The van der Waals surface area contributed by atoms with Crippen molar-refractivity contribution in [1.82, 2.24) is 10.2 Å². The van der Waals surface area contributed by atoms with Gasteiger partial charge in [-0.1, -0.05) is 0 Å². The number of aliphatic hydroxyl groups is 1. The molecule has 1 aliphatic heterocycles. The summed E-state index contributed by atoms with van der Waals surface area (Å²) in [5.74, 6) is -0.179. The van der Waals surface area contributed by atoms with Crippen molar-refractivity contribution in [3.63, 3.8) is 0 Å². The lowest BCUT2D eigenvalue weighted by atomic mass is 10.1. The maximum absolute atomic E-state index is 11.7. The summed E-state index contributed by atoms with van der Waals surface area (Å²) in [5.41, 5.74) is -0.421. The van der Waals surface area contributed by atoms with Gasteiger partial charge < -0.3 is 15.2 Å². The van der Waals surface area contributed by atoms with E-state index >= 15 is 0 Å². The molecular formula is C12H24N2O3. The highest BCUT2D eigenvalue weighted by molar-refractivity contribution is 5.72. The van der Waals surface area contributed by atoms with Crippen molar-refractivity contribution in [2.24, 2.45) is 0 Å². The molecule has 0 aliphatic carbocycles. The van der Waals surface area contributed by atoms with E-state index in [1.54, 1.807) is 0 Å². The number of rotatable bonds is 4. The van der Waals surface area contributed by atoms with Crippen LogP contribution < -0.4 is 5.32 Å². The number of piperazine rings is 1. The Kier molecular flexibility index (Phi) is 5.36. The summed E-state index contributed by atoms with van der Waals surface area (Å²) < 4.78 is 5.29. The fourth-order valence-electron chi connectivity index (χ4n) is 1.94. The molecule has 1 rings (SSSR count). The first-order valence-corrected chi connectivity index (χ1v) is 6.19. The number of hydrogen-bond donors (Lipinski definition) is 2. The molecular weight excluding hydrogens is 220 g/mol. The van der Waals surface area contributed by atoms with E-state index in [1.807, 2.05) is 20.8 Å². The van der Waals surface area contributed by atoms with Crippen LogP contribution in [-0.4, -0.2) is 60.4 Å². The van der Waals surface area contributed by atoms with E-state index in [4.69, 9.17) is 9.84 Å². The highest BCUT2D eigenvalue weighted by Crippen LogP contribution is 2.08. The van der Waals surface area contributed by atoms with Crippen molar-refractivity contribution < 1.29 is 14.6 Å². The first-order valence-electron chi connectivity index (χ1n) is 6.19. The third-order valence-corrected chi connectivity index (χ3v) is 2.59. The molecule has 0 aromatic rings. The number of ether oxygens (including phenoxy) is 1. The summed E-state index contributed by atoms with van der Waals surface area (Å²) >= 11 is 0. The van der Waals surface area contributed by atoms with Crippen LogP contribution in [0.15, 0.2) is 0 Å². The Bertz CT molecular complexity index is 249. The van der Waals surface area contributed by atoms with Crippen LogP contribution in [0, 0.1) is 0 Å². The molecule has 0 aromatic carbocycles. The van der Waals surface area contributed by atoms with Crippen LogP contribution in [0.1, 0.15) is 27.2 Å². The Labute approximate surface area is 103 Å². The Morgan fingerprint density at radius 2 is 2.24 bits per heavy atom. The quantitative estimate of drug-likeness (QED) is 0.681. The third kappa shape index (κ3) is 6.00. The molecule has 17 heavy (non-hydrogen) atoms. The monoisotopic (exact) mass is 244 g/mol. The van der Waals surface area contributed by atoms with Crippen molar-refractivity contribution in [1.29, 1.82) is 0 Å². The van der Waals surface area contributed by atoms with Gasteiger partial charge in [-0.2, -0.15) is 0 Å². The molecule has 1 aliphatic rings. The number of esters is 1. The summed E-state index contributed by atoms with van der Waals surface area (Å²) in [6.45, 7) is 8.62. The minimum absolute atomic E-state index is 0.179. The topological polar surface area (TPSA) is 61.8 Å². The van der Waals surface area contributed by atoms with Gasteiger partial charge in [0.25, 0.3) is 0 Å². The molecule has 5 heteroatoms. The van der Waals surface area contributed by atoms with Gasteiger partial charge in [0.15, 0.2) is 0 Å². The summed E-state index contributed by atoms with van der Waals surface area (Å²) in [7, 11) is 0. The number of nitrogens with one attached hydrogen (secondary N) is 1. The molecule has 100 valence electrons. The molecule has 0 radical (unpaired) electrons. The van der Waals surface area contributed by atoms with Crippen molar-refractivity contribution in [2.45, 2.75) is 38.8 Å². The van der Waals surface area contributed by atoms with Crippen molar-refractivity contribution in [3.8, 4) is 0 Å². The largest absolute Gasteiger partial charge is 0.459 e. The van der Waals surface area contributed by atoms with Gasteiger partial charge in [0.2, 0.25) is 0 Å². The molecule has 1 fully saturated rings. The SMILES string of the molecule is CC(C)(C)OC(=O)CN1CCNC(CCO)C1. The molecule has 0 aromatic heterocycles. The minimum Gasteiger partial charge on any atom is -0.459 e. The van der Waals surface area contributed by atoms with Crippen LogP contribution >= 0.6 is 0 Å². The second-order valence-corrected chi connectivity index (χ2v) is 5.48. The van der Waals surface area contributed by atoms with E-state index in [9.17, 15) is 4.79 Å². The fourth-order valence-corrected chi connectivity index (χ4v) is 1.94. The van der Waals surface area contributed by atoms with Crippen LogP contribution in [0.2, 0.25) is 0 Å². The van der Waals surface area contributed by atoms with Gasteiger partial charge in [-0.05, 0) is 27.2 Å². The number of carbonyl (C=O) groups excluding carboxylic acids is 1. The van der Waals surface area contributed by atoms with Gasteiger partial charge >= 0.3 is 5.97 Å². The second kappa shape index (κ2) is 6.33. The van der Waals surface area contributed by atoms with Crippen LogP contribution in [-0.2, 0) is 9.53 Å². The van der Waals surface area contributed by atoms with E-state index in [2.05, 4.69) is 10.2 Å². The summed E-state index contributed by atoms with van der Waals surface area (Å²) in [4.78, 5) is 13.7. The predicted octanol–water partition coefficient (Wildman–Crippen LogP) is -0.0157. The van der Waals surface area contributed by atoms with Crippen LogP contribution in [0.25, 0.3) is 0 Å². The molecule has 1 saturated heterocycles. The van der Waals surface area contributed by atoms with Crippen LogP contribution in [0.5, 0.6) is 0 Å². The summed E-state index contributed by atoms with van der Waals surface area (Å²) in [5, 5.41) is 12.2. The predicted molar refractivity (Wildman–Crippen MR) is 65.8 cm³/mol. The van der Waals surface area contributed by atoms with E-state index < -0.39 is 5.60 Å². The Balaban J connectivity index is 2.33. The molecule has 1 atom stereocenters. The Hall–Kier alpha value is -0.650. The van der Waals surface area contributed by atoms with Crippen molar-refractivity contribution >= 4 is 5.97 Å². The highest BCUT2D eigenvalue weighted by atomic mass is 16.6. The van der Waals surface area contributed by atoms with Crippen molar-refractivity contribution in [3.05, 3.63) is 0 Å². The normalized spacial score (nSPS) is 22.5. The van der Waals surface area contributed by atoms with Gasteiger partial charge in [0, 0.05) is 32.3 Å². The van der Waals surface area contributed by atoms with Gasteiger partial charge in [-0.15, -0.1) is 0 Å². The average molecular weight is 244 g/mol. The number of carbonyl (C=O) groups is 1. The van der Waals surface area contributed by atoms with E-state index in [0.29, 0.717) is 6.54 Å².